The number of ether oxygens (including phenoxy) is 2. The Morgan fingerprint density at radius 2 is 2.08 bits per heavy atom. The lowest BCUT2D eigenvalue weighted by molar-refractivity contribution is -0.117. The molecule has 138 valence electrons. The summed E-state index contributed by atoms with van der Waals surface area (Å²) in [5.74, 6) is 0.733. The predicted octanol–water partition coefficient (Wildman–Crippen LogP) is 0.499. The van der Waals surface area contributed by atoms with E-state index in [1.165, 1.54) is 0 Å². The molecule has 0 saturated carbocycles. The van der Waals surface area contributed by atoms with Crippen LogP contribution in [0.2, 0.25) is 0 Å². The number of nitrogens with one attached hydrogen (secondary N) is 2. The maximum Gasteiger partial charge on any atom is 0.315 e. The van der Waals surface area contributed by atoms with Crippen molar-refractivity contribution in [3.8, 4) is 5.75 Å². The van der Waals surface area contributed by atoms with Gasteiger partial charge in [0.25, 0.3) is 0 Å². The Labute approximate surface area is 147 Å². The summed E-state index contributed by atoms with van der Waals surface area (Å²) >= 11 is 0. The van der Waals surface area contributed by atoms with Crippen molar-refractivity contribution in [2.24, 2.45) is 0 Å². The number of carbonyl (C=O) groups excluding carboxylic acids is 2. The molecule has 0 unspecified atom stereocenters. The molecule has 25 heavy (non-hydrogen) atoms. The number of anilines is 1. The summed E-state index contributed by atoms with van der Waals surface area (Å²) in [7, 11) is 0. The van der Waals surface area contributed by atoms with Crippen LogP contribution < -0.4 is 20.3 Å². The molecule has 1 saturated heterocycles. The number of nitrogens with zero attached hydrogens (tertiary/aromatic N) is 1. The maximum absolute atomic E-state index is 12.2. The van der Waals surface area contributed by atoms with Crippen LogP contribution in [-0.4, -0.2) is 62.6 Å². The first-order valence-electron chi connectivity index (χ1n) is 8.40. The number of amides is 3. The van der Waals surface area contributed by atoms with E-state index in [0.717, 1.165) is 11.4 Å². The quantitative estimate of drug-likeness (QED) is 0.563. The van der Waals surface area contributed by atoms with Gasteiger partial charge in [-0.15, -0.1) is 0 Å². The molecule has 1 aliphatic heterocycles. The molecular weight excluding hydrogens is 326 g/mol. The monoisotopic (exact) mass is 351 g/mol. The van der Waals surface area contributed by atoms with Gasteiger partial charge in [0.15, 0.2) is 0 Å². The Kier molecular flexibility index (Phi) is 7.49. The van der Waals surface area contributed by atoms with Crippen molar-refractivity contribution >= 4 is 17.6 Å². The van der Waals surface area contributed by atoms with Crippen LogP contribution in [0, 0.1) is 0 Å². The molecule has 1 aliphatic rings. The van der Waals surface area contributed by atoms with Crippen molar-refractivity contribution in [3.05, 3.63) is 24.3 Å². The van der Waals surface area contributed by atoms with Gasteiger partial charge in [0.05, 0.1) is 32.5 Å². The Morgan fingerprint density at radius 1 is 1.32 bits per heavy atom. The minimum Gasteiger partial charge on any atom is -0.494 e. The Bertz CT molecular complexity index is 564. The van der Waals surface area contributed by atoms with Gasteiger partial charge in [-0.3, -0.25) is 4.79 Å². The van der Waals surface area contributed by atoms with Crippen LogP contribution in [-0.2, 0) is 9.53 Å². The first-order chi connectivity index (χ1) is 12.1. The van der Waals surface area contributed by atoms with Gasteiger partial charge in [-0.1, -0.05) is 0 Å². The van der Waals surface area contributed by atoms with Crippen molar-refractivity contribution in [1.82, 2.24) is 10.6 Å². The molecule has 8 heteroatoms. The van der Waals surface area contributed by atoms with Crippen LogP contribution in [0.25, 0.3) is 0 Å². The molecule has 0 radical (unpaired) electrons. The van der Waals surface area contributed by atoms with E-state index in [-0.39, 0.29) is 37.6 Å². The number of aliphatic hydroxyl groups is 1. The molecule has 1 fully saturated rings. The van der Waals surface area contributed by atoms with E-state index >= 15 is 0 Å². The first kappa shape index (κ1) is 19.0. The highest BCUT2D eigenvalue weighted by molar-refractivity contribution is 5.96. The lowest BCUT2D eigenvalue weighted by atomic mass is 10.2. The molecule has 1 aromatic rings. The highest BCUT2D eigenvalue weighted by Gasteiger charge is 2.31. The minimum absolute atomic E-state index is 0.0271. The van der Waals surface area contributed by atoms with Crippen LogP contribution >= 0.6 is 0 Å². The van der Waals surface area contributed by atoms with Crippen LogP contribution in [0.15, 0.2) is 24.3 Å². The summed E-state index contributed by atoms with van der Waals surface area (Å²) < 4.78 is 10.5. The number of aliphatic hydroxyl groups excluding tert-OH is 1. The average molecular weight is 351 g/mol. The van der Waals surface area contributed by atoms with Gasteiger partial charge in [0.1, 0.15) is 5.75 Å². The summed E-state index contributed by atoms with van der Waals surface area (Å²) in [6.45, 7) is 3.81. The van der Waals surface area contributed by atoms with Gasteiger partial charge < -0.3 is 30.1 Å². The second-order valence-corrected chi connectivity index (χ2v) is 5.57. The highest BCUT2D eigenvalue weighted by Crippen LogP contribution is 2.24. The number of rotatable bonds is 9. The fourth-order valence-corrected chi connectivity index (χ4v) is 2.58. The molecule has 3 N–H and O–H groups in total. The number of hydrogen-bond donors (Lipinski definition) is 3. The fourth-order valence-electron chi connectivity index (χ4n) is 2.58. The summed E-state index contributed by atoms with van der Waals surface area (Å²) in [5, 5.41) is 14.0. The van der Waals surface area contributed by atoms with E-state index in [4.69, 9.17) is 14.6 Å². The van der Waals surface area contributed by atoms with Crippen LogP contribution in [0.1, 0.15) is 13.3 Å². The minimum atomic E-state index is -0.334. The largest absolute Gasteiger partial charge is 0.494 e. The SMILES string of the molecule is CCOc1ccc(N2C[C@@H](NC(=O)NCCOCCO)CC2=O)cc1. The first-order valence-corrected chi connectivity index (χ1v) is 8.40. The third-order valence-electron chi connectivity index (χ3n) is 3.69. The van der Waals surface area contributed by atoms with Gasteiger partial charge in [-0.2, -0.15) is 0 Å². The topological polar surface area (TPSA) is 100 Å². The van der Waals surface area contributed by atoms with E-state index in [9.17, 15) is 9.59 Å². The molecule has 1 heterocycles. The summed E-state index contributed by atoms with van der Waals surface area (Å²) in [5.41, 5.74) is 0.788. The highest BCUT2D eigenvalue weighted by atomic mass is 16.5. The summed E-state index contributed by atoms with van der Waals surface area (Å²) in [4.78, 5) is 25.7. The predicted molar refractivity (Wildman–Crippen MR) is 92.8 cm³/mol. The normalized spacial score (nSPS) is 16.8. The van der Waals surface area contributed by atoms with E-state index in [2.05, 4.69) is 10.6 Å². The maximum atomic E-state index is 12.2. The lowest BCUT2D eigenvalue weighted by Gasteiger charge is -2.18. The number of urea groups is 1. The zero-order valence-corrected chi connectivity index (χ0v) is 14.4. The number of carbonyl (C=O) groups is 2. The van der Waals surface area contributed by atoms with E-state index < -0.39 is 0 Å². The molecule has 0 aliphatic carbocycles. The Hall–Kier alpha value is -2.32. The molecule has 0 aromatic heterocycles. The average Bonchev–Trinajstić information content (AvgIpc) is 2.96. The van der Waals surface area contributed by atoms with Crippen molar-refractivity contribution < 1.29 is 24.2 Å². The molecule has 1 atom stereocenters. The third-order valence-corrected chi connectivity index (χ3v) is 3.69. The van der Waals surface area contributed by atoms with Gasteiger partial charge in [0, 0.05) is 25.2 Å². The van der Waals surface area contributed by atoms with Crippen LogP contribution in [0.3, 0.4) is 0 Å². The molecule has 1 aromatic carbocycles. The van der Waals surface area contributed by atoms with Crippen molar-refractivity contribution in [3.63, 3.8) is 0 Å². The van der Waals surface area contributed by atoms with E-state index in [1.807, 2.05) is 31.2 Å². The van der Waals surface area contributed by atoms with E-state index in [1.54, 1.807) is 4.90 Å². The third kappa shape index (κ3) is 5.91. The van der Waals surface area contributed by atoms with Gasteiger partial charge in [0.2, 0.25) is 5.91 Å². The smallest absolute Gasteiger partial charge is 0.315 e. The van der Waals surface area contributed by atoms with Gasteiger partial charge in [-0.25, -0.2) is 4.79 Å². The molecule has 3 amide bonds. The molecule has 2 rings (SSSR count). The zero-order valence-electron chi connectivity index (χ0n) is 14.4. The molecular formula is C17H25N3O5. The molecule has 8 nitrogen and oxygen atoms in total. The van der Waals surface area contributed by atoms with Crippen molar-refractivity contribution in [1.29, 1.82) is 0 Å². The standard InChI is InChI=1S/C17H25N3O5/c1-2-25-15-5-3-14(4-6-15)20-12-13(11-16(20)22)19-17(23)18-7-9-24-10-8-21/h3-6,13,21H,2,7-12H2,1H3,(H2,18,19,23)/t13-/m0/s1. The second-order valence-electron chi connectivity index (χ2n) is 5.57. The Balaban J connectivity index is 1.78. The van der Waals surface area contributed by atoms with Gasteiger partial charge in [-0.05, 0) is 31.2 Å². The van der Waals surface area contributed by atoms with Crippen molar-refractivity contribution in [2.45, 2.75) is 19.4 Å². The van der Waals surface area contributed by atoms with E-state index in [0.29, 0.717) is 26.3 Å². The summed E-state index contributed by atoms with van der Waals surface area (Å²) in [6.07, 6.45) is 0.266. The lowest BCUT2D eigenvalue weighted by Crippen LogP contribution is -2.44. The summed E-state index contributed by atoms with van der Waals surface area (Å²) in [6, 6.07) is 6.75. The Morgan fingerprint density at radius 3 is 2.76 bits per heavy atom. The second kappa shape index (κ2) is 9.85. The van der Waals surface area contributed by atoms with Crippen molar-refractivity contribution in [2.75, 3.05) is 44.4 Å². The van der Waals surface area contributed by atoms with Crippen LogP contribution in [0.4, 0.5) is 10.5 Å². The molecule has 0 bridgehead atoms. The number of benzene rings is 1. The van der Waals surface area contributed by atoms with Crippen LogP contribution in [0.5, 0.6) is 5.75 Å². The fraction of sp³-hybridized carbons (Fsp3) is 0.529. The molecule has 0 spiro atoms. The number of hydrogen-bond acceptors (Lipinski definition) is 5. The zero-order chi connectivity index (χ0) is 18.1. The van der Waals surface area contributed by atoms with Gasteiger partial charge >= 0.3 is 6.03 Å².